The molecule has 0 radical (unpaired) electrons. The molecule has 0 spiro atoms. The summed E-state index contributed by atoms with van der Waals surface area (Å²) in [5.74, 6) is 0.513. The molecule has 6 heteroatoms. The van der Waals surface area contributed by atoms with Crippen molar-refractivity contribution in [1.82, 2.24) is 9.55 Å². The summed E-state index contributed by atoms with van der Waals surface area (Å²) in [4.78, 5) is 4.39. The number of alkyl halides is 1. The number of fused-ring (bicyclic) bond motifs is 1. The smallest absolute Gasteiger partial charge is 0.139 e. The van der Waals surface area contributed by atoms with E-state index in [9.17, 15) is 4.39 Å². The first-order valence-corrected chi connectivity index (χ1v) is 7.90. The Labute approximate surface area is 139 Å². The first-order chi connectivity index (χ1) is 10.0. The second-order valence-corrected chi connectivity index (χ2v) is 6.21. The van der Waals surface area contributed by atoms with Crippen molar-refractivity contribution in [3.63, 3.8) is 0 Å². The van der Waals surface area contributed by atoms with E-state index in [0.717, 1.165) is 16.8 Å². The number of nitrogens with zero attached hydrogens (tertiary/aromatic N) is 2. The minimum atomic E-state index is -0.352. The summed E-state index contributed by atoms with van der Waals surface area (Å²) >= 11 is 15.4. The highest BCUT2D eigenvalue weighted by molar-refractivity contribution is 9.10. The highest BCUT2D eigenvalue weighted by atomic mass is 79.9. The third kappa shape index (κ3) is 2.56. The van der Waals surface area contributed by atoms with E-state index < -0.39 is 0 Å². The van der Waals surface area contributed by atoms with Crippen LogP contribution in [0, 0.1) is 12.7 Å². The monoisotopic (exact) mass is 386 g/mol. The van der Waals surface area contributed by atoms with Gasteiger partial charge in [0, 0.05) is 16.8 Å². The largest absolute Gasteiger partial charge is 0.295 e. The molecule has 0 aliphatic rings. The predicted octanol–water partition coefficient (Wildman–Crippen LogP) is 5.63. The van der Waals surface area contributed by atoms with Crippen LogP contribution in [0.15, 0.2) is 34.8 Å². The molecule has 0 saturated heterocycles. The van der Waals surface area contributed by atoms with Gasteiger partial charge in [-0.2, -0.15) is 0 Å². The van der Waals surface area contributed by atoms with Crippen LogP contribution in [-0.2, 0) is 5.88 Å². The Bertz CT molecular complexity index is 845. The van der Waals surface area contributed by atoms with E-state index >= 15 is 0 Å². The first-order valence-electron chi connectivity index (χ1n) is 6.20. The molecule has 21 heavy (non-hydrogen) atoms. The van der Waals surface area contributed by atoms with Crippen LogP contribution in [0.2, 0.25) is 5.02 Å². The fraction of sp³-hybridized carbons (Fsp3) is 0.133. The molecular weight excluding hydrogens is 378 g/mol. The van der Waals surface area contributed by atoms with Crippen molar-refractivity contribution < 1.29 is 4.39 Å². The highest BCUT2D eigenvalue weighted by Gasteiger charge is 2.15. The quantitative estimate of drug-likeness (QED) is 0.521. The van der Waals surface area contributed by atoms with Crippen LogP contribution in [0.3, 0.4) is 0 Å². The lowest BCUT2D eigenvalue weighted by Crippen LogP contribution is -1.99. The average Bonchev–Trinajstić information content (AvgIpc) is 2.80. The zero-order chi connectivity index (χ0) is 15.1. The zero-order valence-electron chi connectivity index (χ0n) is 11.0. The maximum atomic E-state index is 13.7. The number of hydrogen-bond acceptors (Lipinski definition) is 1. The van der Waals surface area contributed by atoms with Crippen molar-refractivity contribution in [3.8, 4) is 5.69 Å². The maximum Gasteiger partial charge on any atom is 0.139 e. The van der Waals surface area contributed by atoms with E-state index in [2.05, 4.69) is 20.9 Å². The van der Waals surface area contributed by atoms with Crippen LogP contribution in [0.25, 0.3) is 16.7 Å². The lowest BCUT2D eigenvalue weighted by molar-refractivity contribution is 0.623. The van der Waals surface area contributed by atoms with Gasteiger partial charge in [0.25, 0.3) is 0 Å². The van der Waals surface area contributed by atoms with Gasteiger partial charge in [0.1, 0.15) is 11.6 Å². The molecule has 2 nitrogen and oxygen atoms in total. The van der Waals surface area contributed by atoms with Gasteiger partial charge in [0.15, 0.2) is 0 Å². The summed E-state index contributed by atoms with van der Waals surface area (Å²) in [5.41, 5.74) is 3.17. The van der Waals surface area contributed by atoms with Crippen molar-refractivity contribution in [2.75, 3.05) is 0 Å². The van der Waals surface area contributed by atoms with Gasteiger partial charge < -0.3 is 0 Å². The summed E-state index contributed by atoms with van der Waals surface area (Å²) in [6, 6.07) is 8.81. The molecule has 3 aromatic rings. The molecule has 0 aliphatic carbocycles. The Morgan fingerprint density at radius 3 is 2.71 bits per heavy atom. The molecule has 0 atom stereocenters. The van der Waals surface area contributed by atoms with E-state index in [0.29, 0.717) is 20.8 Å². The van der Waals surface area contributed by atoms with Crippen molar-refractivity contribution in [1.29, 1.82) is 0 Å². The molecule has 1 heterocycles. The van der Waals surface area contributed by atoms with Crippen LogP contribution in [0.1, 0.15) is 11.4 Å². The van der Waals surface area contributed by atoms with E-state index in [1.165, 1.54) is 6.07 Å². The molecule has 0 amide bonds. The van der Waals surface area contributed by atoms with Crippen LogP contribution in [0.4, 0.5) is 4.39 Å². The van der Waals surface area contributed by atoms with Crippen LogP contribution < -0.4 is 0 Å². The standard InChI is InChI=1S/C15H10BrCl2FN2/c1-8-2-3-9(4-11(8)18)21-14-5-10(16)12(19)6-13(14)20-15(21)7-17/h2-6H,7H2,1H3. The minimum absolute atomic E-state index is 0.222. The number of aryl methyl sites for hydroxylation is 1. The second kappa shape index (κ2) is 5.59. The van der Waals surface area contributed by atoms with Crippen LogP contribution in [-0.4, -0.2) is 9.55 Å². The molecule has 0 fully saturated rings. The number of aromatic nitrogens is 2. The topological polar surface area (TPSA) is 17.8 Å². The van der Waals surface area contributed by atoms with Gasteiger partial charge in [-0.15, -0.1) is 11.6 Å². The molecule has 3 rings (SSSR count). The molecule has 1 aromatic heterocycles. The van der Waals surface area contributed by atoms with Gasteiger partial charge in [0.05, 0.1) is 21.4 Å². The van der Waals surface area contributed by atoms with Gasteiger partial charge in [-0.05, 0) is 46.6 Å². The summed E-state index contributed by atoms with van der Waals surface area (Å²) in [5, 5.41) is 0.663. The van der Waals surface area contributed by atoms with E-state index in [-0.39, 0.29) is 11.7 Å². The molecule has 0 bridgehead atoms. The molecule has 0 N–H and O–H groups in total. The van der Waals surface area contributed by atoms with Crippen molar-refractivity contribution in [2.24, 2.45) is 0 Å². The van der Waals surface area contributed by atoms with Crippen LogP contribution in [0.5, 0.6) is 0 Å². The third-order valence-corrected chi connectivity index (χ3v) is 4.55. The Morgan fingerprint density at radius 2 is 2.05 bits per heavy atom. The lowest BCUT2D eigenvalue weighted by Gasteiger charge is -2.09. The number of halogens is 4. The summed E-state index contributed by atoms with van der Waals surface area (Å²) in [6.07, 6.45) is 0. The highest BCUT2D eigenvalue weighted by Crippen LogP contribution is 2.29. The van der Waals surface area contributed by atoms with Gasteiger partial charge in [-0.25, -0.2) is 9.37 Å². The fourth-order valence-electron chi connectivity index (χ4n) is 2.22. The van der Waals surface area contributed by atoms with Gasteiger partial charge >= 0.3 is 0 Å². The Morgan fingerprint density at radius 1 is 1.29 bits per heavy atom. The molecular formula is C15H10BrCl2FN2. The fourth-order valence-corrected chi connectivity index (χ4v) is 2.91. The molecule has 2 aromatic carbocycles. The number of imidazole rings is 1. The Hall–Kier alpha value is -1.10. The van der Waals surface area contributed by atoms with Gasteiger partial charge in [-0.3, -0.25) is 4.57 Å². The first kappa shape index (κ1) is 14.8. The summed E-state index contributed by atoms with van der Waals surface area (Å²) in [6.45, 7) is 1.94. The number of rotatable bonds is 2. The zero-order valence-corrected chi connectivity index (χ0v) is 14.1. The number of benzene rings is 2. The van der Waals surface area contributed by atoms with Crippen LogP contribution >= 0.6 is 39.1 Å². The molecule has 0 aliphatic heterocycles. The summed E-state index contributed by atoms with van der Waals surface area (Å²) in [7, 11) is 0. The van der Waals surface area contributed by atoms with E-state index in [1.54, 1.807) is 6.07 Å². The Kier molecular flexibility index (Phi) is 3.95. The third-order valence-electron chi connectivity index (χ3n) is 3.30. The second-order valence-electron chi connectivity index (χ2n) is 4.69. The van der Waals surface area contributed by atoms with Gasteiger partial charge in [0.2, 0.25) is 0 Å². The minimum Gasteiger partial charge on any atom is -0.295 e. The molecule has 0 saturated carbocycles. The predicted molar refractivity (Wildman–Crippen MR) is 88.0 cm³/mol. The lowest BCUT2D eigenvalue weighted by atomic mass is 10.2. The molecule has 108 valence electrons. The van der Waals surface area contributed by atoms with E-state index in [4.69, 9.17) is 23.2 Å². The number of hydrogen-bond donors (Lipinski definition) is 0. The SMILES string of the molecule is Cc1ccc(-n2c(CCl)nc3cc(F)c(Br)cc32)cc1Cl. The van der Waals surface area contributed by atoms with Crippen molar-refractivity contribution in [2.45, 2.75) is 12.8 Å². The van der Waals surface area contributed by atoms with Gasteiger partial charge in [-0.1, -0.05) is 17.7 Å². The summed E-state index contributed by atoms with van der Waals surface area (Å²) < 4.78 is 15.9. The maximum absolute atomic E-state index is 13.7. The Balaban J connectivity index is 2.34. The molecule has 0 unspecified atom stereocenters. The van der Waals surface area contributed by atoms with Crippen molar-refractivity contribution >= 4 is 50.2 Å². The normalized spacial score (nSPS) is 11.3. The average molecular weight is 388 g/mol. The van der Waals surface area contributed by atoms with E-state index in [1.807, 2.05) is 29.7 Å². The van der Waals surface area contributed by atoms with Crippen molar-refractivity contribution in [3.05, 3.63) is 57.0 Å².